The summed E-state index contributed by atoms with van der Waals surface area (Å²) in [6, 6.07) is 0. The predicted octanol–water partition coefficient (Wildman–Crippen LogP) is 0.872. The molecule has 0 aromatic carbocycles. The molecule has 0 heterocycles. The molecule has 0 aliphatic carbocycles. The average molecular weight is 133 g/mol. The summed E-state index contributed by atoms with van der Waals surface area (Å²) in [4.78, 5) is 10.2. The molecule has 0 saturated heterocycles. The van der Waals surface area contributed by atoms with Crippen molar-refractivity contribution in [1.29, 1.82) is 0 Å². The van der Waals surface area contributed by atoms with E-state index in [0.29, 0.717) is 6.54 Å². The van der Waals surface area contributed by atoms with Crippen LogP contribution in [0.15, 0.2) is 0 Å². The lowest BCUT2D eigenvalue weighted by Gasteiger charge is -1.97. The smallest absolute Gasteiger partial charge is 0.251 e. The van der Waals surface area contributed by atoms with Crippen LogP contribution < -0.4 is 5.32 Å². The Bertz CT molecular complexity index is 85.1. The van der Waals surface area contributed by atoms with Gasteiger partial charge in [-0.2, -0.15) is 0 Å². The van der Waals surface area contributed by atoms with Crippen molar-refractivity contribution in [3.05, 3.63) is 0 Å². The van der Waals surface area contributed by atoms with Crippen LogP contribution in [0.3, 0.4) is 0 Å². The Morgan fingerprint density at radius 1 is 1.67 bits per heavy atom. The van der Waals surface area contributed by atoms with Gasteiger partial charge in [0.25, 0.3) is 5.91 Å². The minimum absolute atomic E-state index is 0.511. The van der Waals surface area contributed by atoms with Gasteiger partial charge in [-0.3, -0.25) is 4.79 Å². The third-order valence-corrected chi connectivity index (χ3v) is 0.974. The van der Waals surface area contributed by atoms with Crippen LogP contribution in [0.1, 0.15) is 19.8 Å². The SMILES string of the molecule is CCCCNC(=O)CF. The number of unbranched alkanes of at least 4 members (excludes halogenated alkanes) is 1. The summed E-state index contributed by atoms with van der Waals surface area (Å²) in [5.41, 5.74) is 0. The van der Waals surface area contributed by atoms with Gasteiger partial charge in [0.15, 0.2) is 6.67 Å². The molecule has 0 spiro atoms. The van der Waals surface area contributed by atoms with E-state index in [-0.39, 0.29) is 0 Å². The molecule has 1 amide bonds. The Hall–Kier alpha value is -0.600. The lowest BCUT2D eigenvalue weighted by atomic mass is 10.3. The van der Waals surface area contributed by atoms with Gasteiger partial charge in [-0.1, -0.05) is 13.3 Å². The van der Waals surface area contributed by atoms with E-state index in [1.165, 1.54) is 0 Å². The van der Waals surface area contributed by atoms with Gasteiger partial charge in [0.2, 0.25) is 0 Å². The van der Waals surface area contributed by atoms with E-state index in [1.54, 1.807) is 0 Å². The molecule has 2 nitrogen and oxygen atoms in total. The van der Waals surface area contributed by atoms with Crippen molar-refractivity contribution in [2.24, 2.45) is 0 Å². The molecule has 0 atom stereocenters. The Morgan fingerprint density at radius 3 is 2.78 bits per heavy atom. The average Bonchev–Trinajstić information content (AvgIpc) is 1.89. The fourth-order valence-corrected chi connectivity index (χ4v) is 0.452. The number of nitrogens with one attached hydrogen (secondary N) is 1. The van der Waals surface area contributed by atoms with Crippen molar-refractivity contribution in [2.75, 3.05) is 13.2 Å². The number of halogens is 1. The van der Waals surface area contributed by atoms with Gasteiger partial charge in [-0.05, 0) is 6.42 Å². The highest BCUT2D eigenvalue weighted by molar-refractivity contribution is 5.76. The van der Waals surface area contributed by atoms with Crippen molar-refractivity contribution in [3.8, 4) is 0 Å². The molecule has 0 aliphatic heterocycles. The molecule has 1 N–H and O–H groups in total. The van der Waals surface area contributed by atoms with E-state index in [1.807, 2.05) is 6.92 Å². The Balaban J connectivity index is 2.97. The fraction of sp³-hybridized carbons (Fsp3) is 0.833. The quantitative estimate of drug-likeness (QED) is 0.566. The fourth-order valence-electron chi connectivity index (χ4n) is 0.452. The number of rotatable bonds is 4. The molecule has 54 valence electrons. The predicted molar refractivity (Wildman–Crippen MR) is 33.9 cm³/mol. The van der Waals surface area contributed by atoms with Crippen molar-refractivity contribution in [3.63, 3.8) is 0 Å². The van der Waals surface area contributed by atoms with Crippen molar-refractivity contribution in [2.45, 2.75) is 19.8 Å². The topological polar surface area (TPSA) is 29.1 Å². The van der Waals surface area contributed by atoms with Crippen LogP contribution in [0, 0.1) is 0 Å². The highest BCUT2D eigenvalue weighted by Crippen LogP contribution is 1.81. The zero-order chi connectivity index (χ0) is 7.11. The zero-order valence-corrected chi connectivity index (χ0v) is 5.61. The van der Waals surface area contributed by atoms with Crippen LogP contribution in [-0.4, -0.2) is 19.1 Å². The van der Waals surface area contributed by atoms with E-state index in [4.69, 9.17) is 0 Å². The van der Waals surface area contributed by atoms with E-state index in [2.05, 4.69) is 5.32 Å². The summed E-state index contributed by atoms with van der Waals surface area (Å²) in [5, 5.41) is 2.42. The van der Waals surface area contributed by atoms with Crippen LogP contribution in [0.4, 0.5) is 4.39 Å². The standard InChI is InChI=1S/C6H12FNO/c1-2-3-4-8-6(9)5-7/h2-5H2,1H3,(H,8,9). The second-order valence-corrected chi connectivity index (χ2v) is 1.84. The van der Waals surface area contributed by atoms with Gasteiger partial charge in [-0.25, -0.2) is 4.39 Å². The summed E-state index contributed by atoms with van der Waals surface area (Å²) >= 11 is 0. The summed E-state index contributed by atoms with van der Waals surface area (Å²) in [7, 11) is 0. The first-order chi connectivity index (χ1) is 4.31. The molecular formula is C6H12FNO. The maximum atomic E-state index is 11.4. The van der Waals surface area contributed by atoms with Gasteiger partial charge in [-0.15, -0.1) is 0 Å². The van der Waals surface area contributed by atoms with Gasteiger partial charge in [0.05, 0.1) is 0 Å². The van der Waals surface area contributed by atoms with Gasteiger partial charge in [0.1, 0.15) is 0 Å². The molecule has 0 unspecified atom stereocenters. The van der Waals surface area contributed by atoms with Crippen LogP contribution in [0.5, 0.6) is 0 Å². The highest BCUT2D eigenvalue weighted by Gasteiger charge is 1.94. The molecular weight excluding hydrogens is 121 g/mol. The molecule has 0 radical (unpaired) electrons. The van der Waals surface area contributed by atoms with Crippen LogP contribution in [0.2, 0.25) is 0 Å². The summed E-state index contributed by atoms with van der Waals surface area (Å²) < 4.78 is 11.4. The van der Waals surface area contributed by atoms with Gasteiger partial charge in [0, 0.05) is 6.54 Å². The summed E-state index contributed by atoms with van der Waals surface area (Å²) in [5.74, 6) is -0.511. The molecule has 0 aromatic rings. The number of alkyl halides is 1. The summed E-state index contributed by atoms with van der Waals surface area (Å²) in [6.07, 6.45) is 1.94. The summed E-state index contributed by atoms with van der Waals surface area (Å²) in [6.45, 7) is 1.71. The second kappa shape index (κ2) is 5.54. The normalized spacial score (nSPS) is 9.11. The lowest BCUT2D eigenvalue weighted by molar-refractivity contribution is -0.121. The number of hydrogen-bond acceptors (Lipinski definition) is 1. The maximum Gasteiger partial charge on any atom is 0.251 e. The third-order valence-electron chi connectivity index (χ3n) is 0.974. The first kappa shape index (κ1) is 8.40. The van der Waals surface area contributed by atoms with Gasteiger partial charge >= 0.3 is 0 Å². The molecule has 0 saturated carbocycles. The van der Waals surface area contributed by atoms with Crippen molar-refractivity contribution in [1.82, 2.24) is 5.32 Å². The van der Waals surface area contributed by atoms with Gasteiger partial charge < -0.3 is 5.32 Å². The molecule has 0 fully saturated rings. The van der Waals surface area contributed by atoms with Crippen LogP contribution in [-0.2, 0) is 4.79 Å². The molecule has 0 aromatic heterocycles. The highest BCUT2D eigenvalue weighted by atomic mass is 19.1. The van der Waals surface area contributed by atoms with Crippen molar-refractivity contribution < 1.29 is 9.18 Å². The number of hydrogen-bond donors (Lipinski definition) is 1. The number of amides is 1. The molecule has 0 rings (SSSR count). The third kappa shape index (κ3) is 5.27. The minimum Gasteiger partial charge on any atom is -0.354 e. The first-order valence-electron chi connectivity index (χ1n) is 3.14. The Labute approximate surface area is 54.4 Å². The maximum absolute atomic E-state index is 11.4. The second-order valence-electron chi connectivity index (χ2n) is 1.84. The van der Waals surface area contributed by atoms with E-state index in [0.717, 1.165) is 12.8 Å². The Morgan fingerprint density at radius 2 is 2.33 bits per heavy atom. The zero-order valence-electron chi connectivity index (χ0n) is 5.61. The molecule has 3 heteroatoms. The largest absolute Gasteiger partial charge is 0.354 e. The van der Waals surface area contributed by atoms with Crippen molar-refractivity contribution >= 4 is 5.91 Å². The lowest BCUT2D eigenvalue weighted by Crippen LogP contribution is -2.25. The van der Waals surface area contributed by atoms with Crippen LogP contribution in [0.25, 0.3) is 0 Å². The molecule has 9 heavy (non-hydrogen) atoms. The molecule has 0 aliphatic rings. The van der Waals surface area contributed by atoms with E-state index < -0.39 is 12.6 Å². The molecule has 0 bridgehead atoms. The monoisotopic (exact) mass is 133 g/mol. The van der Waals surface area contributed by atoms with E-state index >= 15 is 0 Å². The number of carbonyl (C=O) groups is 1. The Kier molecular flexibility index (Phi) is 5.17. The minimum atomic E-state index is -0.899. The van der Waals surface area contributed by atoms with Crippen LogP contribution >= 0.6 is 0 Å². The van der Waals surface area contributed by atoms with E-state index in [9.17, 15) is 9.18 Å². The number of carbonyl (C=O) groups excluding carboxylic acids is 1. The first-order valence-corrected chi connectivity index (χ1v) is 3.14.